The highest BCUT2D eigenvalue weighted by Crippen LogP contribution is 2.20. The summed E-state index contributed by atoms with van der Waals surface area (Å²) < 4.78 is 10.8. The Labute approximate surface area is 185 Å². The molecule has 1 heterocycles. The van der Waals surface area contributed by atoms with Gasteiger partial charge >= 0.3 is 0 Å². The van der Waals surface area contributed by atoms with Crippen molar-refractivity contribution in [1.29, 1.82) is 0 Å². The third-order valence-electron chi connectivity index (χ3n) is 5.72. The Bertz CT molecular complexity index is 528. The molecular weight excluding hydrogens is 376 g/mol. The SMILES string of the molecule is CCCCCCCCCCCCC/C=C/[C@@H](O)[C@H]1N=C(OC)[C@H](C(C)C)N=C1OC. The summed E-state index contributed by atoms with van der Waals surface area (Å²) in [5.41, 5.74) is 0. The number of hydrogen-bond acceptors (Lipinski definition) is 5. The van der Waals surface area contributed by atoms with Crippen LogP contribution in [0.1, 0.15) is 97.8 Å². The molecule has 0 saturated heterocycles. The van der Waals surface area contributed by atoms with Gasteiger partial charge in [-0.25, -0.2) is 9.98 Å². The Morgan fingerprint density at radius 2 is 1.27 bits per heavy atom. The number of aliphatic hydroxyl groups is 1. The second-order valence-electron chi connectivity index (χ2n) is 8.72. The van der Waals surface area contributed by atoms with Crippen LogP contribution in [0.2, 0.25) is 0 Å². The van der Waals surface area contributed by atoms with Crippen LogP contribution in [-0.2, 0) is 9.47 Å². The Balaban J connectivity index is 2.25. The molecule has 5 heteroatoms. The smallest absolute Gasteiger partial charge is 0.212 e. The number of hydrogen-bond donors (Lipinski definition) is 1. The van der Waals surface area contributed by atoms with Gasteiger partial charge in [0.15, 0.2) is 6.04 Å². The lowest BCUT2D eigenvalue weighted by Crippen LogP contribution is -2.42. The van der Waals surface area contributed by atoms with E-state index in [1.807, 2.05) is 6.08 Å². The van der Waals surface area contributed by atoms with Crippen LogP contribution in [-0.4, -0.2) is 49.3 Å². The average molecular weight is 423 g/mol. The Kier molecular flexibility index (Phi) is 14.5. The molecule has 1 N–H and O–H groups in total. The van der Waals surface area contributed by atoms with E-state index in [2.05, 4.69) is 36.8 Å². The number of aliphatic hydroxyl groups excluding tert-OH is 1. The number of allylic oxidation sites excluding steroid dienone is 1. The molecule has 0 aromatic heterocycles. The van der Waals surface area contributed by atoms with E-state index in [0.29, 0.717) is 11.8 Å². The molecule has 0 radical (unpaired) electrons. The number of ether oxygens (including phenoxy) is 2. The molecule has 0 saturated carbocycles. The zero-order chi connectivity index (χ0) is 22.2. The lowest BCUT2D eigenvalue weighted by Gasteiger charge is -2.28. The average Bonchev–Trinajstić information content (AvgIpc) is 2.75. The monoisotopic (exact) mass is 422 g/mol. The van der Waals surface area contributed by atoms with Gasteiger partial charge in [0.25, 0.3) is 0 Å². The summed E-state index contributed by atoms with van der Waals surface area (Å²) in [4.78, 5) is 9.19. The number of methoxy groups -OCH3 is 2. The molecule has 1 aliphatic rings. The van der Waals surface area contributed by atoms with Gasteiger partial charge in [-0.05, 0) is 18.8 Å². The lowest BCUT2D eigenvalue weighted by atomic mass is 10.0. The first kappa shape index (κ1) is 26.7. The summed E-state index contributed by atoms with van der Waals surface area (Å²) in [5, 5.41) is 10.6. The molecule has 3 atom stereocenters. The number of nitrogens with zero attached hydrogens (tertiary/aromatic N) is 2. The van der Waals surface area contributed by atoms with Crippen LogP contribution < -0.4 is 0 Å². The van der Waals surface area contributed by atoms with E-state index in [-0.39, 0.29) is 12.0 Å². The van der Waals surface area contributed by atoms with Crippen molar-refractivity contribution in [1.82, 2.24) is 0 Å². The van der Waals surface area contributed by atoms with Crippen LogP contribution in [0.5, 0.6) is 0 Å². The maximum atomic E-state index is 10.6. The topological polar surface area (TPSA) is 63.4 Å². The van der Waals surface area contributed by atoms with Crippen molar-refractivity contribution in [2.45, 2.75) is 116 Å². The molecule has 0 aliphatic carbocycles. The van der Waals surface area contributed by atoms with E-state index in [4.69, 9.17) is 9.47 Å². The van der Waals surface area contributed by atoms with Gasteiger partial charge in [-0.1, -0.05) is 97.1 Å². The predicted octanol–water partition coefficient (Wildman–Crippen LogP) is 6.10. The third-order valence-corrected chi connectivity index (χ3v) is 5.72. The summed E-state index contributed by atoms with van der Waals surface area (Å²) in [7, 11) is 3.19. The Hall–Kier alpha value is -1.36. The molecule has 0 fully saturated rings. The van der Waals surface area contributed by atoms with E-state index in [1.165, 1.54) is 64.2 Å². The van der Waals surface area contributed by atoms with Crippen LogP contribution in [0.4, 0.5) is 0 Å². The van der Waals surface area contributed by atoms with Gasteiger partial charge in [0.1, 0.15) is 12.1 Å². The van der Waals surface area contributed by atoms with Crippen LogP contribution in [0.25, 0.3) is 0 Å². The molecule has 0 unspecified atom stereocenters. The summed E-state index contributed by atoms with van der Waals surface area (Å²) in [6.45, 7) is 6.41. The molecule has 0 spiro atoms. The highest BCUT2D eigenvalue weighted by atomic mass is 16.5. The normalized spacial score (nSPS) is 20.4. The quantitative estimate of drug-likeness (QED) is 0.256. The van der Waals surface area contributed by atoms with Gasteiger partial charge in [0.2, 0.25) is 11.8 Å². The first-order chi connectivity index (χ1) is 14.5. The lowest BCUT2D eigenvalue weighted by molar-refractivity contribution is 0.196. The van der Waals surface area contributed by atoms with Gasteiger partial charge in [-0.15, -0.1) is 0 Å². The Morgan fingerprint density at radius 3 is 1.77 bits per heavy atom. The molecule has 0 aromatic carbocycles. The van der Waals surface area contributed by atoms with E-state index in [9.17, 15) is 5.11 Å². The second kappa shape index (κ2) is 16.3. The van der Waals surface area contributed by atoms with Crippen LogP contribution in [0.15, 0.2) is 22.1 Å². The standard InChI is InChI=1S/C25H46N2O3/c1-6-7-8-9-10-11-12-13-14-15-16-17-18-19-21(28)23-25(30-5)26-22(20(2)3)24(27-23)29-4/h18-23,28H,6-17H2,1-5H3/b19-18+/t21-,22+,23-/m1/s1. The fourth-order valence-electron chi connectivity index (χ4n) is 3.81. The van der Waals surface area contributed by atoms with Gasteiger partial charge in [0, 0.05) is 0 Å². The van der Waals surface area contributed by atoms with Gasteiger partial charge in [-0.2, -0.15) is 0 Å². The van der Waals surface area contributed by atoms with E-state index < -0.39 is 12.1 Å². The van der Waals surface area contributed by atoms with Crippen LogP contribution >= 0.6 is 0 Å². The number of aliphatic imine (C=N–C) groups is 2. The first-order valence-electron chi connectivity index (χ1n) is 12.1. The third kappa shape index (κ3) is 10.1. The molecule has 0 amide bonds. The summed E-state index contributed by atoms with van der Waals surface area (Å²) in [6.07, 6.45) is 18.9. The number of unbranched alkanes of at least 4 members (excludes halogenated alkanes) is 11. The van der Waals surface area contributed by atoms with Crippen LogP contribution in [0, 0.1) is 5.92 Å². The van der Waals surface area contributed by atoms with Crippen molar-refractivity contribution in [3.05, 3.63) is 12.2 Å². The van der Waals surface area contributed by atoms with Crippen LogP contribution in [0.3, 0.4) is 0 Å². The minimum atomic E-state index is -0.755. The van der Waals surface area contributed by atoms with Crippen molar-refractivity contribution in [2.75, 3.05) is 14.2 Å². The predicted molar refractivity (Wildman–Crippen MR) is 128 cm³/mol. The highest BCUT2D eigenvalue weighted by molar-refractivity contribution is 5.94. The second-order valence-corrected chi connectivity index (χ2v) is 8.72. The zero-order valence-electron chi connectivity index (χ0n) is 20.1. The van der Waals surface area contributed by atoms with Gasteiger partial charge < -0.3 is 14.6 Å². The molecule has 5 nitrogen and oxygen atoms in total. The summed E-state index contributed by atoms with van der Waals surface area (Å²) in [5.74, 6) is 1.29. The minimum absolute atomic E-state index is 0.159. The fraction of sp³-hybridized carbons (Fsp3) is 0.840. The molecule has 0 aromatic rings. The summed E-state index contributed by atoms with van der Waals surface area (Å²) >= 11 is 0. The first-order valence-corrected chi connectivity index (χ1v) is 12.1. The van der Waals surface area contributed by atoms with Crippen molar-refractivity contribution in [2.24, 2.45) is 15.9 Å². The molecular formula is C25H46N2O3. The molecule has 1 rings (SSSR count). The molecule has 0 bridgehead atoms. The van der Waals surface area contributed by atoms with E-state index >= 15 is 0 Å². The van der Waals surface area contributed by atoms with Crippen molar-refractivity contribution >= 4 is 11.8 Å². The Morgan fingerprint density at radius 1 is 0.800 bits per heavy atom. The maximum Gasteiger partial charge on any atom is 0.212 e. The maximum absolute atomic E-state index is 10.6. The van der Waals surface area contributed by atoms with Crippen molar-refractivity contribution in [3.63, 3.8) is 0 Å². The van der Waals surface area contributed by atoms with Crippen molar-refractivity contribution < 1.29 is 14.6 Å². The van der Waals surface area contributed by atoms with E-state index in [0.717, 1.165) is 12.8 Å². The van der Waals surface area contributed by atoms with Gasteiger partial charge in [0.05, 0.1) is 14.2 Å². The fourth-order valence-corrected chi connectivity index (χ4v) is 3.81. The molecule has 30 heavy (non-hydrogen) atoms. The van der Waals surface area contributed by atoms with Crippen molar-refractivity contribution in [3.8, 4) is 0 Å². The summed E-state index contributed by atoms with van der Waals surface area (Å²) in [6, 6.07) is -0.692. The minimum Gasteiger partial charge on any atom is -0.483 e. The van der Waals surface area contributed by atoms with E-state index in [1.54, 1.807) is 14.2 Å². The van der Waals surface area contributed by atoms with Gasteiger partial charge in [-0.3, -0.25) is 0 Å². The molecule has 174 valence electrons. The zero-order valence-corrected chi connectivity index (χ0v) is 20.1. The molecule has 1 aliphatic heterocycles. The highest BCUT2D eigenvalue weighted by Gasteiger charge is 2.33. The number of rotatable bonds is 15. The largest absolute Gasteiger partial charge is 0.483 e.